The first-order chi connectivity index (χ1) is 16.5. The van der Waals surface area contributed by atoms with Crippen LogP contribution in [0.15, 0.2) is 41.8 Å². The number of morpholine rings is 1. The van der Waals surface area contributed by atoms with E-state index < -0.39 is 11.7 Å². The summed E-state index contributed by atoms with van der Waals surface area (Å²) in [6.07, 6.45) is -0.197. The zero-order valence-electron chi connectivity index (χ0n) is 21.8. The molecular formula is C25H43F3N3O2PS. The molecule has 10 heteroatoms. The normalized spacial score (nSPS) is 15.6. The van der Waals surface area contributed by atoms with Crippen LogP contribution in [0.1, 0.15) is 45.7 Å². The number of nitrogens with two attached hydrogens (primary N) is 1. The van der Waals surface area contributed by atoms with Gasteiger partial charge in [0.2, 0.25) is 6.41 Å². The first-order valence-electron chi connectivity index (χ1n) is 11.4. The van der Waals surface area contributed by atoms with Gasteiger partial charge in [0.15, 0.2) is 0 Å². The van der Waals surface area contributed by atoms with E-state index >= 15 is 0 Å². The van der Waals surface area contributed by atoms with Crippen molar-refractivity contribution >= 4 is 33.1 Å². The van der Waals surface area contributed by atoms with Gasteiger partial charge in [0.25, 0.3) is 0 Å². The molecule has 1 aromatic rings. The molecule has 3 atom stereocenters. The average Bonchev–Trinajstić information content (AvgIpc) is 2.81. The number of nitrogens with zero attached hydrogens (tertiary/aromatic N) is 1. The maximum atomic E-state index is 12.8. The topological polar surface area (TPSA) is 67.6 Å². The van der Waals surface area contributed by atoms with Crippen molar-refractivity contribution in [2.75, 3.05) is 38.3 Å². The Bertz CT molecular complexity index is 741. The van der Waals surface area contributed by atoms with Gasteiger partial charge in [-0.05, 0) is 56.4 Å². The molecular weight excluding hydrogens is 494 g/mol. The van der Waals surface area contributed by atoms with Crippen LogP contribution in [0.2, 0.25) is 0 Å². The third-order valence-corrected chi connectivity index (χ3v) is 5.98. The van der Waals surface area contributed by atoms with Crippen molar-refractivity contribution in [2.24, 2.45) is 5.73 Å². The number of rotatable bonds is 7. The number of carbonyl (C=O) groups excluding carboxylic acids is 1. The van der Waals surface area contributed by atoms with Crippen LogP contribution in [0, 0.1) is 0 Å². The Morgan fingerprint density at radius 3 is 2.23 bits per heavy atom. The number of halogens is 3. The molecule has 1 aromatic carbocycles. The number of ether oxygens (including phenoxy) is 1. The van der Waals surface area contributed by atoms with Gasteiger partial charge in [-0.2, -0.15) is 13.2 Å². The molecule has 3 unspecified atom stereocenters. The van der Waals surface area contributed by atoms with Crippen molar-refractivity contribution in [3.63, 3.8) is 0 Å². The van der Waals surface area contributed by atoms with E-state index in [2.05, 4.69) is 48.0 Å². The van der Waals surface area contributed by atoms with E-state index in [0.717, 1.165) is 12.1 Å². The predicted octanol–water partition coefficient (Wildman–Crippen LogP) is 6.17. The van der Waals surface area contributed by atoms with Crippen molar-refractivity contribution in [1.29, 1.82) is 0 Å². The van der Waals surface area contributed by atoms with E-state index in [1.807, 2.05) is 37.2 Å². The highest BCUT2D eigenvalue weighted by molar-refractivity contribution is 8.03. The van der Waals surface area contributed by atoms with Gasteiger partial charge < -0.3 is 15.8 Å². The van der Waals surface area contributed by atoms with E-state index in [0.29, 0.717) is 50.1 Å². The van der Waals surface area contributed by atoms with Crippen molar-refractivity contribution in [3.8, 4) is 0 Å². The molecule has 5 nitrogen and oxygen atoms in total. The summed E-state index contributed by atoms with van der Waals surface area (Å²) in [5.41, 5.74) is 5.60. The average molecular weight is 538 g/mol. The summed E-state index contributed by atoms with van der Waals surface area (Å²) >= 11 is 1.84. The molecule has 1 heterocycles. The molecule has 1 saturated heterocycles. The lowest BCUT2D eigenvalue weighted by Crippen LogP contribution is -2.35. The fraction of sp³-hybridized carbons (Fsp3) is 0.560. The van der Waals surface area contributed by atoms with Crippen molar-refractivity contribution in [2.45, 2.75) is 58.6 Å². The summed E-state index contributed by atoms with van der Waals surface area (Å²) in [7, 11) is 2.42. The van der Waals surface area contributed by atoms with Gasteiger partial charge >= 0.3 is 6.18 Å². The van der Waals surface area contributed by atoms with Crippen molar-refractivity contribution in [3.05, 3.63) is 53.0 Å². The Balaban J connectivity index is 0. The van der Waals surface area contributed by atoms with Crippen LogP contribution in [0.5, 0.6) is 0 Å². The van der Waals surface area contributed by atoms with E-state index in [4.69, 9.17) is 10.5 Å². The molecule has 0 radical (unpaired) electrons. The van der Waals surface area contributed by atoms with Gasteiger partial charge in [0, 0.05) is 36.6 Å². The molecule has 1 aliphatic heterocycles. The fourth-order valence-corrected chi connectivity index (χ4v) is 3.52. The molecule has 0 spiro atoms. The monoisotopic (exact) mass is 537 g/mol. The van der Waals surface area contributed by atoms with Crippen LogP contribution in [-0.2, 0) is 22.3 Å². The number of hydrogen-bond acceptors (Lipinski definition) is 5. The molecule has 202 valence electrons. The summed E-state index contributed by atoms with van der Waals surface area (Å²) in [6, 6.07) is 3.88. The lowest BCUT2D eigenvalue weighted by molar-refractivity contribution is -0.137. The second-order valence-electron chi connectivity index (χ2n) is 7.56. The summed E-state index contributed by atoms with van der Waals surface area (Å²) < 4.78 is 43.6. The van der Waals surface area contributed by atoms with Crippen molar-refractivity contribution < 1.29 is 22.7 Å². The lowest BCUT2D eigenvalue weighted by Gasteiger charge is -2.27. The number of amides is 1. The van der Waals surface area contributed by atoms with Gasteiger partial charge in [-0.15, -0.1) is 27.6 Å². The van der Waals surface area contributed by atoms with Gasteiger partial charge in [-0.3, -0.25) is 9.69 Å². The number of carbonyl (C=O) groups is 1. The van der Waals surface area contributed by atoms with Crippen LogP contribution >= 0.6 is 21.0 Å². The number of thioether (sulfide) groups is 1. The van der Waals surface area contributed by atoms with E-state index in [-0.39, 0.29) is 11.7 Å². The number of alkyl halides is 3. The van der Waals surface area contributed by atoms with Crippen LogP contribution in [0.4, 0.5) is 18.9 Å². The van der Waals surface area contributed by atoms with Gasteiger partial charge in [-0.25, -0.2) is 0 Å². The molecule has 1 fully saturated rings. The zero-order chi connectivity index (χ0) is 27.4. The quantitative estimate of drug-likeness (QED) is 0.247. The number of benzene rings is 1. The molecule has 1 aliphatic rings. The standard InChI is InChI=1S/C13H15F3N2O2.C8H17NS.C3H6.CH5P/c14-13(15,16)11-5-10(6-12(7-11)17-9-19)8-18-1-3-20-4-2-18;1-5-6(2)10-8(4)7(3)9;1-3-2;1-2/h5-7,9H,1-4,8H2,(H,17,19);5,7-8H,9H2,1-4H3;3H,1H2,2H3;2H2,1H3/b;6-5-;;. The Labute approximate surface area is 216 Å². The van der Waals surface area contributed by atoms with E-state index in [1.165, 1.54) is 4.91 Å². The molecule has 0 aliphatic carbocycles. The van der Waals surface area contributed by atoms with Crippen molar-refractivity contribution in [1.82, 2.24) is 4.90 Å². The van der Waals surface area contributed by atoms with Gasteiger partial charge in [0.1, 0.15) is 0 Å². The maximum Gasteiger partial charge on any atom is 0.416 e. The van der Waals surface area contributed by atoms with E-state index in [1.54, 1.807) is 12.1 Å². The maximum absolute atomic E-state index is 12.8. The highest BCUT2D eigenvalue weighted by Crippen LogP contribution is 2.32. The fourth-order valence-electron chi connectivity index (χ4n) is 2.58. The van der Waals surface area contributed by atoms with Crippen LogP contribution in [0.3, 0.4) is 0 Å². The highest BCUT2D eigenvalue weighted by Gasteiger charge is 2.31. The minimum absolute atomic E-state index is 0.151. The summed E-state index contributed by atoms with van der Waals surface area (Å²) in [6.45, 7) is 18.5. The molecule has 0 saturated carbocycles. The van der Waals surface area contributed by atoms with Crippen LogP contribution in [-0.4, -0.2) is 55.6 Å². The molecule has 3 N–H and O–H groups in total. The number of nitrogens with one attached hydrogen (secondary N) is 1. The number of hydrogen-bond donors (Lipinski definition) is 2. The summed E-state index contributed by atoms with van der Waals surface area (Å²) in [5, 5.41) is 2.80. The van der Waals surface area contributed by atoms with Gasteiger partial charge in [0.05, 0.1) is 18.8 Å². The Hall–Kier alpha value is -1.38. The Kier molecular flexibility index (Phi) is 21.2. The number of allylic oxidation sites excluding steroid dienone is 3. The Morgan fingerprint density at radius 1 is 1.26 bits per heavy atom. The predicted molar refractivity (Wildman–Crippen MR) is 149 cm³/mol. The SMILES string of the molecule is C/C=C(/C)SC(C)C(C)N.C=CC.CP.O=CNc1cc(CN2CCOCC2)cc(C(F)(F)F)c1. The first kappa shape index (κ1) is 35.8. The third-order valence-electron chi connectivity index (χ3n) is 4.57. The Morgan fingerprint density at radius 2 is 1.80 bits per heavy atom. The van der Waals surface area contributed by atoms with Crippen LogP contribution in [0.25, 0.3) is 0 Å². The second kappa shape index (κ2) is 20.8. The molecule has 0 bridgehead atoms. The van der Waals surface area contributed by atoms with Crippen LogP contribution < -0.4 is 11.1 Å². The van der Waals surface area contributed by atoms with Gasteiger partial charge in [-0.1, -0.05) is 25.7 Å². The lowest BCUT2D eigenvalue weighted by atomic mass is 10.1. The zero-order valence-corrected chi connectivity index (χ0v) is 23.8. The summed E-state index contributed by atoms with van der Waals surface area (Å²) in [4.78, 5) is 13.8. The first-order valence-corrected chi connectivity index (χ1v) is 13.4. The van der Waals surface area contributed by atoms with E-state index in [9.17, 15) is 18.0 Å². The number of anilines is 1. The minimum Gasteiger partial charge on any atom is -0.379 e. The smallest absolute Gasteiger partial charge is 0.379 e. The largest absolute Gasteiger partial charge is 0.416 e. The molecule has 0 aromatic heterocycles. The third kappa shape index (κ3) is 17.7. The minimum atomic E-state index is -4.43. The molecule has 2 rings (SSSR count). The highest BCUT2D eigenvalue weighted by atomic mass is 32.2. The second-order valence-corrected chi connectivity index (χ2v) is 9.18. The summed E-state index contributed by atoms with van der Waals surface area (Å²) in [5.74, 6) is 0. The molecule has 35 heavy (non-hydrogen) atoms. The molecule has 1 amide bonds.